The van der Waals surface area contributed by atoms with Crippen molar-refractivity contribution in [3.05, 3.63) is 29.3 Å². The van der Waals surface area contributed by atoms with E-state index in [0.717, 1.165) is 6.42 Å². The van der Waals surface area contributed by atoms with Crippen molar-refractivity contribution in [2.24, 2.45) is 5.73 Å². The Morgan fingerprint density at radius 1 is 1.25 bits per heavy atom. The molecule has 0 saturated carbocycles. The second-order valence-corrected chi connectivity index (χ2v) is 4.92. The van der Waals surface area contributed by atoms with E-state index in [9.17, 15) is 13.2 Å². The molecule has 0 fully saturated rings. The van der Waals surface area contributed by atoms with E-state index in [1.54, 1.807) is 12.1 Å². The van der Waals surface area contributed by atoms with E-state index in [1.165, 1.54) is 6.07 Å². The quantitative estimate of drug-likeness (QED) is 0.862. The Kier molecular flexibility index (Phi) is 5.87. The highest BCUT2D eigenvalue weighted by Gasteiger charge is 2.33. The molecule has 1 aromatic carbocycles. The van der Waals surface area contributed by atoms with Crippen molar-refractivity contribution in [2.45, 2.75) is 45.8 Å². The van der Waals surface area contributed by atoms with E-state index in [4.69, 9.17) is 5.73 Å². The molecule has 5 heteroatoms. The van der Waals surface area contributed by atoms with Crippen LogP contribution in [0.15, 0.2) is 18.2 Å². The first-order valence-corrected chi connectivity index (χ1v) is 7.01. The Morgan fingerprint density at radius 3 is 2.35 bits per heavy atom. The van der Waals surface area contributed by atoms with Gasteiger partial charge in [-0.2, -0.15) is 13.2 Å². The topological polar surface area (TPSA) is 29.3 Å². The average molecular weight is 288 g/mol. The molecule has 0 amide bonds. The number of hydrogen-bond acceptors (Lipinski definition) is 2. The summed E-state index contributed by atoms with van der Waals surface area (Å²) < 4.78 is 39.4. The smallest absolute Gasteiger partial charge is 0.369 e. The minimum atomic E-state index is -4.34. The Hall–Kier alpha value is -1.23. The van der Waals surface area contributed by atoms with Gasteiger partial charge in [0, 0.05) is 18.3 Å². The van der Waals surface area contributed by atoms with Crippen molar-refractivity contribution < 1.29 is 13.2 Å². The normalized spacial score (nSPS) is 13.3. The van der Waals surface area contributed by atoms with Crippen LogP contribution in [0.25, 0.3) is 0 Å². The highest BCUT2D eigenvalue weighted by molar-refractivity contribution is 5.52. The van der Waals surface area contributed by atoms with Crippen LogP contribution in [0.1, 0.15) is 38.3 Å². The molecule has 0 bridgehead atoms. The van der Waals surface area contributed by atoms with Gasteiger partial charge in [0.05, 0.1) is 5.56 Å². The first-order valence-electron chi connectivity index (χ1n) is 7.01. The number of benzene rings is 1. The van der Waals surface area contributed by atoms with Crippen LogP contribution in [0.4, 0.5) is 18.9 Å². The molecule has 1 rings (SSSR count). The van der Waals surface area contributed by atoms with Gasteiger partial charge in [-0.25, -0.2) is 0 Å². The van der Waals surface area contributed by atoms with E-state index in [2.05, 4.69) is 0 Å². The number of nitrogens with two attached hydrogens (primary N) is 1. The van der Waals surface area contributed by atoms with E-state index < -0.39 is 11.7 Å². The highest BCUT2D eigenvalue weighted by Crippen LogP contribution is 2.35. The van der Waals surface area contributed by atoms with Crippen molar-refractivity contribution in [3.63, 3.8) is 0 Å². The Labute approximate surface area is 118 Å². The first-order chi connectivity index (χ1) is 9.35. The molecule has 1 unspecified atom stereocenters. The van der Waals surface area contributed by atoms with Gasteiger partial charge in [0.25, 0.3) is 0 Å². The van der Waals surface area contributed by atoms with Gasteiger partial charge in [-0.3, -0.25) is 0 Å². The maximum atomic E-state index is 13.1. The maximum Gasteiger partial charge on any atom is 0.416 e. The zero-order valence-corrected chi connectivity index (χ0v) is 12.3. The summed E-state index contributed by atoms with van der Waals surface area (Å²) in [7, 11) is 0. The molecule has 0 aromatic heterocycles. The summed E-state index contributed by atoms with van der Waals surface area (Å²) in [6.45, 7) is 6.90. The van der Waals surface area contributed by atoms with Crippen LogP contribution in [0.3, 0.4) is 0 Å². The van der Waals surface area contributed by atoms with Crippen LogP contribution in [-0.2, 0) is 12.6 Å². The van der Waals surface area contributed by atoms with Crippen molar-refractivity contribution >= 4 is 5.69 Å². The Bertz CT molecular complexity index is 430. The molecule has 114 valence electrons. The molecular weight excluding hydrogens is 265 g/mol. The van der Waals surface area contributed by atoms with Crippen LogP contribution in [0.5, 0.6) is 0 Å². The van der Waals surface area contributed by atoms with Gasteiger partial charge in [-0.1, -0.05) is 13.0 Å². The minimum Gasteiger partial charge on any atom is -0.369 e. The molecule has 0 saturated heterocycles. The summed E-state index contributed by atoms with van der Waals surface area (Å²) in [5.74, 6) is 0. The summed E-state index contributed by atoms with van der Waals surface area (Å²) >= 11 is 0. The first kappa shape index (κ1) is 16.8. The summed E-state index contributed by atoms with van der Waals surface area (Å²) in [4.78, 5) is 1.99. The predicted molar refractivity (Wildman–Crippen MR) is 77.0 cm³/mol. The second-order valence-electron chi connectivity index (χ2n) is 4.92. The summed E-state index contributed by atoms with van der Waals surface area (Å²) in [6, 6.07) is 4.77. The minimum absolute atomic E-state index is 0.210. The molecular formula is C15H23F3N2. The average Bonchev–Trinajstić information content (AvgIpc) is 2.39. The zero-order valence-electron chi connectivity index (χ0n) is 12.3. The fraction of sp³-hybridized carbons (Fsp3) is 0.600. The lowest BCUT2D eigenvalue weighted by Crippen LogP contribution is -2.32. The lowest BCUT2D eigenvalue weighted by Gasteiger charge is -2.30. The molecule has 2 N–H and O–H groups in total. The molecule has 20 heavy (non-hydrogen) atoms. The largest absolute Gasteiger partial charge is 0.416 e. The monoisotopic (exact) mass is 288 g/mol. The third kappa shape index (κ3) is 3.88. The number of anilines is 1. The third-order valence-electron chi connectivity index (χ3n) is 3.61. The van der Waals surface area contributed by atoms with Crippen LogP contribution in [0.2, 0.25) is 0 Å². The van der Waals surface area contributed by atoms with Crippen LogP contribution in [0, 0.1) is 0 Å². The van der Waals surface area contributed by atoms with Crippen molar-refractivity contribution in [3.8, 4) is 0 Å². The third-order valence-corrected chi connectivity index (χ3v) is 3.61. The Balaban J connectivity index is 3.24. The molecule has 0 aliphatic heterocycles. The number of rotatable bonds is 6. The lowest BCUT2D eigenvalue weighted by molar-refractivity contribution is -0.138. The summed E-state index contributed by atoms with van der Waals surface area (Å²) in [5, 5.41) is 0. The van der Waals surface area contributed by atoms with Crippen LogP contribution in [-0.4, -0.2) is 19.1 Å². The summed E-state index contributed by atoms with van der Waals surface area (Å²) in [5.41, 5.74) is 5.71. The van der Waals surface area contributed by atoms with Crippen molar-refractivity contribution in [2.75, 3.05) is 18.0 Å². The van der Waals surface area contributed by atoms with Gasteiger partial charge in [-0.15, -0.1) is 0 Å². The maximum absolute atomic E-state index is 13.1. The van der Waals surface area contributed by atoms with Crippen LogP contribution >= 0.6 is 0 Å². The number of hydrogen-bond donors (Lipinski definition) is 1. The van der Waals surface area contributed by atoms with E-state index in [-0.39, 0.29) is 24.6 Å². The zero-order chi connectivity index (χ0) is 15.3. The number of alkyl halides is 3. The van der Waals surface area contributed by atoms with E-state index in [1.807, 2.05) is 25.7 Å². The van der Waals surface area contributed by atoms with Gasteiger partial charge in [-0.05, 0) is 50.9 Å². The van der Waals surface area contributed by atoms with E-state index >= 15 is 0 Å². The number of halogens is 3. The molecule has 1 atom stereocenters. The predicted octanol–water partition coefficient (Wildman–Crippen LogP) is 3.83. The van der Waals surface area contributed by atoms with Gasteiger partial charge >= 0.3 is 6.18 Å². The molecule has 0 radical (unpaired) electrons. The second kappa shape index (κ2) is 6.97. The highest BCUT2D eigenvalue weighted by atomic mass is 19.4. The van der Waals surface area contributed by atoms with Gasteiger partial charge in [0.2, 0.25) is 0 Å². The van der Waals surface area contributed by atoms with Gasteiger partial charge in [0.15, 0.2) is 0 Å². The fourth-order valence-corrected chi connectivity index (χ4v) is 2.35. The molecule has 0 aliphatic rings. The fourth-order valence-electron chi connectivity index (χ4n) is 2.35. The molecule has 2 nitrogen and oxygen atoms in total. The lowest BCUT2D eigenvalue weighted by atomic mass is 10.0. The molecule has 0 aliphatic carbocycles. The van der Waals surface area contributed by atoms with E-state index in [0.29, 0.717) is 12.2 Å². The molecule has 1 aromatic rings. The standard InChI is InChI=1S/C15H23F3N2/c1-4-11(3)20(5-2)13-7-6-12(8-9-19)14(10-13)15(16,17)18/h6-7,10-11H,4-5,8-9,19H2,1-3H3. The Morgan fingerprint density at radius 2 is 1.90 bits per heavy atom. The summed E-state index contributed by atoms with van der Waals surface area (Å²) in [6.07, 6.45) is -3.21. The molecule has 0 heterocycles. The van der Waals surface area contributed by atoms with Gasteiger partial charge < -0.3 is 10.6 Å². The number of nitrogens with zero attached hydrogens (tertiary/aromatic N) is 1. The SMILES string of the molecule is CCC(C)N(CC)c1ccc(CCN)c(C(F)(F)F)c1. The van der Waals surface area contributed by atoms with Crippen molar-refractivity contribution in [1.29, 1.82) is 0 Å². The van der Waals surface area contributed by atoms with Crippen LogP contribution < -0.4 is 10.6 Å². The van der Waals surface area contributed by atoms with Gasteiger partial charge in [0.1, 0.15) is 0 Å². The van der Waals surface area contributed by atoms with Crippen molar-refractivity contribution in [1.82, 2.24) is 0 Å². The molecule has 0 spiro atoms.